The monoisotopic (exact) mass is 341 g/mol. The standard InChI is InChI=1S/C15H23N3O4S/c1-23(19,20)18-6-7-21-13-15(12-18)11-17(5-8-22-15)10-14-3-2-4-16-9-14/h2-4,9H,5-8,10-13H2,1H3. The van der Waals surface area contributed by atoms with Crippen molar-refractivity contribution in [3.8, 4) is 0 Å². The number of ether oxygens (including phenoxy) is 2. The second-order valence-electron chi connectivity index (χ2n) is 6.25. The van der Waals surface area contributed by atoms with Crippen LogP contribution in [0.3, 0.4) is 0 Å². The van der Waals surface area contributed by atoms with E-state index < -0.39 is 15.6 Å². The summed E-state index contributed by atoms with van der Waals surface area (Å²) in [5.74, 6) is 0. The van der Waals surface area contributed by atoms with E-state index in [2.05, 4.69) is 9.88 Å². The summed E-state index contributed by atoms with van der Waals surface area (Å²) in [5, 5.41) is 0. The van der Waals surface area contributed by atoms with Crippen molar-refractivity contribution in [3.63, 3.8) is 0 Å². The van der Waals surface area contributed by atoms with Crippen LogP contribution in [0.1, 0.15) is 5.56 Å². The minimum Gasteiger partial charge on any atom is -0.377 e. The molecule has 23 heavy (non-hydrogen) atoms. The molecule has 0 N–H and O–H groups in total. The average molecular weight is 341 g/mol. The van der Waals surface area contributed by atoms with Crippen LogP contribution in [0.15, 0.2) is 24.5 Å². The quantitative estimate of drug-likeness (QED) is 0.767. The molecule has 2 aliphatic rings. The Kier molecular flexibility index (Phi) is 4.98. The molecule has 0 amide bonds. The van der Waals surface area contributed by atoms with Gasteiger partial charge in [-0.15, -0.1) is 0 Å². The van der Waals surface area contributed by atoms with Crippen molar-refractivity contribution >= 4 is 10.0 Å². The van der Waals surface area contributed by atoms with E-state index in [0.717, 1.165) is 18.7 Å². The van der Waals surface area contributed by atoms with Gasteiger partial charge in [-0.2, -0.15) is 4.31 Å². The van der Waals surface area contributed by atoms with Crippen LogP contribution in [0.5, 0.6) is 0 Å². The molecule has 0 aromatic carbocycles. The molecular weight excluding hydrogens is 318 g/mol. The van der Waals surface area contributed by atoms with E-state index in [0.29, 0.717) is 39.5 Å². The zero-order valence-electron chi connectivity index (χ0n) is 13.3. The van der Waals surface area contributed by atoms with E-state index in [-0.39, 0.29) is 0 Å². The van der Waals surface area contributed by atoms with Crippen molar-refractivity contribution in [1.82, 2.24) is 14.2 Å². The molecule has 1 unspecified atom stereocenters. The highest BCUT2D eigenvalue weighted by Crippen LogP contribution is 2.24. The summed E-state index contributed by atoms with van der Waals surface area (Å²) in [7, 11) is -3.26. The van der Waals surface area contributed by atoms with Gasteiger partial charge in [0, 0.05) is 45.1 Å². The second kappa shape index (κ2) is 6.82. The number of hydrogen-bond donors (Lipinski definition) is 0. The summed E-state index contributed by atoms with van der Waals surface area (Å²) in [4.78, 5) is 6.42. The van der Waals surface area contributed by atoms with E-state index in [1.807, 2.05) is 18.3 Å². The predicted octanol–water partition coefficient (Wildman–Crippen LogP) is -0.0556. The van der Waals surface area contributed by atoms with Gasteiger partial charge in [-0.25, -0.2) is 8.42 Å². The molecule has 2 saturated heterocycles. The van der Waals surface area contributed by atoms with Crippen molar-refractivity contribution in [2.45, 2.75) is 12.1 Å². The lowest BCUT2D eigenvalue weighted by Gasteiger charge is -2.43. The molecular formula is C15H23N3O4S. The Bertz CT molecular complexity index is 625. The summed E-state index contributed by atoms with van der Waals surface area (Å²) in [6, 6.07) is 3.97. The molecule has 128 valence electrons. The minimum absolute atomic E-state index is 0.343. The Morgan fingerprint density at radius 1 is 1.30 bits per heavy atom. The maximum atomic E-state index is 11.9. The molecule has 1 aromatic heterocycles. The molecule has 0 radical (unpaired) electrons. The van der Waals surface area contributed by atoms with Gasteiger partial charge in [0.05, 0.1) is 26.1 Å². The third kappa shape index (κ3) is 4.27. The first-order valence-electron chi connectivity index (χ1n) is 7.75. The van der Waals surface area contributed by atoms with E-state index >= 15 is 0 Å². The Balaban J connectivity index is 1.72. The Morgan fingerprint density at radius 3 is 2.91 bits per heavy atom. The Morgan fingerprint density at radius 2 is 2.17 bits per heavy atom. The van der Waals surface area contributed by atoms with E-state index in [1.54, 1.807) is 6.20 Å². The molecule has 0 saturated carbocycles. The van der Waals surface area contributed by atoms with Gasteiger partial charge >= 0.3 is 0 Å². The molecule has 1 aromatic rings. The fraction of sp³-hybridized carbons (Fsp3) is 0.667. The number of sulfonamides is 1. The highest BCUT2D eigenvalue weighted by molar-refractivity contribution is 7.88. The molecule has 1 atom stereocenters. The highest BCUT2D eigenvalue weighted by Gasteiger charge is 2.42. The van der Waals surface area contributed by atoms with Crippen LogP contribution >= 0.6 is 0 Å². The van der Waals surface area contributed by atoms with Crippen LogP contribution in [0, 0.1) is 0 Å². The van der Waals surface area contributed by atoms with Crippen molar-refractivity contribution in [1.29, 1.82) is 0 Å². The zero-order chi connectivity index (χ0) is 16.3. The van der Waals surface area contributed by atoms with Crippen LogP contribution in [0.4, 0.5) is 0 Å². The topological polar surface area (TPSA) is 72.0 Å². The molecule has 2 aliphatic heterocycles. The molecule has 0 bridgehead atoms. The Hall–Kier alpha value is -1.06. The fourth-order valence-corrected chi connectivity index (χ4v) is 4.02. The number of hydrogen-bond acceptors (Lipinski definition) is 6. The first kappa shape index (κ1) is 16.8. The van der Waals surface area contributed by atoms with Gasteiger partial charge in [-0.3, -0.25) is 9.88 Å². The van der Waals surface area contributed by atoms with E-state index in [1.165, 1.54) is 10.6 Å². The predicted molar refractivity (Wildman–Crippen MR) is 85.4 cm³/mol. The van der Waals surface area contributed by atoms with Crippen LogP contribution < -0.4 is 0 Å². The lowest BCUT2D eigenvalue weighted by atomic mass is 10.0. The SMILES string of the molecule is CS(=O)(=O)N1CCOCC2(CN(Cc3cccnc3)CCO2)C1. The summed E-state index contributed by atoms with van der Waals surface area (Å²) < 4.78 is 37.0. The van der Waals surface area contributed by atoms with Crippen LogP contribution in [0.2, 0.25) is 0 Å². The normalized spacial score (nSPS) is 27.9. The third-order valence-corrected chi connectivity index (χ3v) is 5.49. The van der Waals surface area contributed by atoms with Crippen molar-refractivity contribution in [3.05, 3.63) is 30.1 Å². The van der Waals surface area contributed by atoms with Gasteiger partial charge in [-0.05, 0) is 11.6 Å². The molecule has 1 spiro atoms. The molecule has 8 heteroatoms. The zero-order valence-corrected chi connectivity index (χ0v) is 14.2. The number of aromatic nitrogens is 1. The van der Waals surface area contributed by atoms with Gasteiger partial charge in [0.1, 0.15) is 5.60 Å². The van der Waals surface area contributed by atoms with Crippen LogP contribution in [-0.4, -0.2) is 80.5 Å². The number of rotatable bonds is 3. The van der Waals surface area contributed by atoms with Crippen molar-refractivity contribution in [2.24, 2.45) is 0 Å². The lowest BCUT2D eigenvalue weighted by molar-refractivity contribution is -0.139. The summed E-state index contributed by atoms with van der Waals surface area (Å²) >= 11 is 0. The molecule has 2 fully saturated rings. The average Bonchev–Trinajstić information content (AvgIpc) is 2.71. The molecule has 7 nitrogen and oxygen atoms in total. The van der Waals surface area contributed by atoms with Gasteiger partial charge in [0.15, 0.2) is 0 Å². The van der Waals surface area contributed by atoms with Gasteiger partial charge in [0.2, 0.25) is 10.0 Å². The maximum absolute atomic E-state index is 11.9. The molecule has 0 aliphatic carbocycles. The number of morpholine rings is 1. The first-order valence-corrected chi connectivity index (χ1v) is 9.60. The molecule has 3 heterocycles. The van der Waals surface area contributed by atoms with Gasteiger partial charge in [0.25, 0.3) is 0 Å². The number of nitrogens with zero attached hydrogens (tertiary/aromatic N) is 3. The maximum Gasteiger partial charge on any atom is 0.211 e. The number of pyridine rings is 1. The summed E-state index contributed by atoms with van der Waals surface area (Å²) in [6.45, 7) is 4.35. The van der Waals surface area contributed by atoms with Crippen LogP contribution in [0.25, 0.3) is 0 Å². The highest BCUT2D eigenvalue weighted by atomic mass is 32.2. The fourth-order valence-electron chi connectivity index (χ4n) is 3.14. The molecule has 3 rings (SSSR count). The van der Waals surface area contributed by atoms with Crippen molar-refractivity contribution in [2.75, 3.05) is 52.3 Å². The second-order valence-corrected chi connectivity index (χ2v) is 8.23. The van der Waals surface area contributed by atoms with Crippen molar-refractivity contribution < 1.29 is 17.9 Å². The summed E-state index contributed by atoms with van der Waals surface area (Å²) in [6.07, 6.45) is 4.85. The third-order valence-electron chi connectivity index (χ3n) is 4.24. The Labute approximate surface area is 137 Å². The first-order chi connectivity index (χ1) is 11.0. The lowest BCUT2D eigenvalue weighted by Crippen LogP contribution is -2.58. The van der Waals surface area contributed by atoms with Gasteiger partial charge in [-0.1, -0.05) is 6.07 Å². The van der Waals surface area contributed by atoms with E-state index in [9.17, 15) is 8.42 Å². The minimum atomic E-state index is -3.26. The van der Waals surface area contributed by atoms with E-state index in [4.69, 9.17) is 9.47 Å². The summed E-state index contributed by atoms with van der Waals surface area (Å²) in [5.41, 5.74) is 0.541. The largest absolute Gasteiger partial charge is 0.377 e. The van der Waals surface area contributed by atoms with Crippen LogP contribution in [-0.2, 0) is 26.0 Å². The smallest absolute Gasteiger partial charge is 0.211 e. The van der Waals surface area contributed by atoms with Gasteiger partial charge < -0.3 is 9.47 Å².